The van der Waals surface area contributed by atoms with E-state index in [-0.39, 0.29) is 37.4 Å². The van der Waals surface area contributed by atoms with Gasteiger partial charge in [-0.25, -0.2) is 0 Å². The smallest absolute Gasteiger partial charge is 0.305 e. The molecule has 3 N–H and O–H groups in total. The Balaban J connectivity index is 1.40. The van der Waals surface area contributed by atoms with Gasteiger partial charge in [-0.2, -0.15) is 0 Å². The molecule has 0 unspecified atom stereocenters. The number of cyclic esters (lactones) is 1. The second kappa shape index (κ2) is 18.4. The average molecular weight is 613 g/mol. The lowest BCUT2D eigenvalue weighted by Crippen LogP contribution is -2.45. The van der Waals surface area contributed by atoms with E-state index in [1.165, 1.54) is 0 Å². The van der Waals surface area contributed by atoms with Crippen molar-refractivity contribution in [2.75, 3.05) is 13.2 Å². The van der Waals surface area contributed by atoms with Crippen molar-refractivity contribution < 1.29 is 29.0 Å². The molecule has 2 amide bonds. The number of aliphatic hydroxyl groups is 1. The molecule has 3 aromatic carbocycles. The van der Waals surface area contributed by atoms with Crippen LogP contribution in [0.25, 0.3) is 0 Å². The number of hydrogen-bond donors (Lipinski definition) is 3. The lowest BCUT2D eigenvalue weighted by molar-refractivity contribution is -0.145. The van der Waals surface area contributed by atoms with Crippen molar-refractivity contribution in [3.63, 3.8) is 0 Å². The van der Waals surface area contributed by atoms with Crippen LogP contribution in [0.4, 0.5) is 0 Å². The SMILES string of the molecule is O=C(C[C@H]1CC=CCCCCC(=O)OC[C@H](Cc2ccc(OCc3ccccc3)cc2)NC1=O)N[C@H](CO)Cc1ccccc1. The third-order valence-electron chi connectivity index (χ3n) is 7.75. The van der Waals surface area contributed by atoms with Crippen molar-refractivity contribution in [1.29, 1.82) is 0 Å². The summed E-state index contributed by atoms with van der Waals surface area (Å²) in [5.74, 6) is -0.750. The minimum Gasteiger partial charge on any atom is -0.489 e. The molecule has 3 atom stereocenters. The Kier molecular flexibility index (Phi) is 13.7. The molecule has 1 heterocycles. The van der Waals surface area contributed by atoms with Crippen LogP contribution in [-0.4, -0.2) is 48.2 Å². The first kappa shape index (κ1) is 33.5. The molecule has 0 bridgehead atoms. The number of hydrogen-bond acceptors (Lipinski definition) is 6. The van der Waals surface area contributed by atoms with Gasteiger partial charge in [0.05, 0.1) is 24.6 Å². The van der Waals surface area contributed by atoms with Crippen molar-refractivity contribution in [1.82, 2.24) is 10.6 Å². The number of carbonyl (C=O) groups excluding carboxylic acids is 3. The Morgan fingerprint density at radius 3 is 2.33 bits per heavy atom. The number of carbonyl (C=O) groups is 3. The number of amides is 2. The molecule has 0 aliphatic carbocycles. The minimum atomic E-state index is -0.618. The minimum absolute atomic E-state index is 0.0264. The van der Waals surface area contributed by atoms with Gasteiger partial charge in [-0.1, -0.05) is 84.9 Å². The first-order valence-electron chi connectivity index (χ1n) is 15.8. The molecule has 0 saturated carbocycles. The highest BCUT2D eigenvalue weighted by Crippen LogP contribution is 2.18. The van der Waals surface area contributed by atoms with Gasteiger partial charge < -0.3 is 25.2 Å². The number of ether oxygens (including phenoxy) is 2. The van der Waals surface area contributed by atoms with E-state index in [1.807, 2.05) is 97.1 Å². The predicted octanol–water partition coefficient (Wildman–Crippen LogP) is 5.08. The van der Waals surface area contributed by atoms with E-state index >= 15 is 0 Å². The van der Waals surface area contributed by atoms with Crippen LogP contribution in [0.3, 0.4) is 0 Å². The van der Waals surface area contributed by atoms with E-state index in [4.69, 9.17) is 9.47 Å². The summed E-state index contributed by atoms with van der Waals surface area (Å²) in [7, 11) is 0. The maximum Gasteiger partial charge on any atom is 0.305 e. The third kappa shape index (κ3) is 12.2. The zero-order valence-electron chi connectivity index (χ0n) is 25.7. The maximum absolute atomic E-state index is 13.6. The topological polar surface area (TPSA) is 114 Å². The van der Waals surface area contributed by atoms with Crippen molar-refractivity contribution in [3.8, 4) is 5.75 Å². The van der Waals surface area contributed by atoms with Crippen LogP contribution < -0.4 is 15.4 Å². The van der Waals surface area contributed by atoms with Crippen LogP contribution in [0.2, 0.25) is 0 Å². The Hall–Kier alpha value is -4.43. The van der Waals surface area contributed by atoms with E-state index in [0.29, 0.717) is 32.3 Å². The highest BCUT2D eigenvalue weighted by atomic mass is 16.5. The van der Waals surface area contributed by atoms with E-state index in [2.05, 4.69) is 10.6 Å². The van der Waals surface area contributed by atoms with Crippen LogP contribution >= 0.6 is 0 Å². The molecule has 3 aromatic rings. The number of benzene rings is 3. The molecule has 0 fully saturated rings. The summed E-state index contributed by atoms with van der Waals surface area (Å²) >= 11 is 0. The molecular weight excluding hydrogens is 568 g/mol. The second-order valence-corrected chi connectivity index (χ2v) is 11.5. The summed E-state index contributed by atoms with van der Waals surface area (Å²) in [4.78, 5) is 39.1. The Morgan fingerprint density at radius 1 is 0.911 bits per heavy atom. The van der Waals surface area contributed by atoms with Gasteiger partial charge in [-0.3, -0.25) is 14.4 Å². The normalized spacial score (nSPS) is 18.6. The van der Waals surface area contributed by atoms with Gasteiger partial charge in [0.25, 0.3) is 0 Å². The van der Waals surface area contributed by atoms with Gasteiger partial charge in [-0.15, -0.1) is 0 Å². The van der Waals surface area contributed by atoms with Crippen molar-refractivity contribution in [3.05, 3.63) is 114 Å². The molecule has 1 aliphatic rings. The monoisotopic (exact) mass is 612 g/mol. The molecular formula is C37H44N2O6. The van der Waals surface area contributed by atoms with Crippen LogP contribution in [-0.2, 0) is 38.6 Å². The highest BCUT2D eigenvalue weighted by Gasteiger charge is 2.25. The number of aliphatic hydroxyl groups excluding tert-OH is 1. The zero-order valence-corrected chi connectivity index (χ0v) is 25.7. The van der Waals surface area contributed by atoms with Gasteiger partial charge in [-0.05, 0) is 67.3 Å². The van der Waals surface area contributed by atoms with E-state index in [0.717, 1.165) is 41.7 Å². The largest absolute Gasteiger partial charge is 0.489 e. The van der Waals surface area contributed by atoms with Crippen LogP contribution in [0, 0.1) is 5.92 Å². The summed E-state index contributed by atoms with van der Waals surface area (Å²) in [5, 5.41) is 15.8. The van der Waals surface area contributed by atoms with Gasteiger partial charge in [0.2, 0.25) is 11.8 Å². The molecule has 45 heavy (non-hydrogen) atoms. The zero-order chi connectivity index (χ0) is 31.7. The van der Waals surface area contributed by atoms with Crippen molar-refractivity contribution >= 4 is 17.8 Å². The highest BCUT2D eigenvalue weighted by molar-refractivity contribution is 5.86. The molecule has 0 saturated heterocycles. The summed E-state index contributed by atoms with van der Waals surface area (Å²) < 4.78 is 11.5. The Morgan fingerprint density at radius 2 is 1.62 bits per heavy atom. The Bertz CT molecular complexity index is 1360. The Labute approximate surface area is 265 Å². The van der Waals surface area contributed by atoms with Crippen molar-refractivity contribution in [2.45, 2.75) is 70.1 Å². The number of nitrogens with one attached hydrogen (secondary N) is 2. The average Bonchev–Trinajstić information content (AvgIpc) is 3.06. The first-order chi connectivity index (χ1) is 22.0. The standard InChI is InChI=1S/C37H44N2O6/c40-25-32(22-28-12-6-4-7-13-28)38-35(41)24-31-16-10-2-1-3-11-17-36(42)45-27-33(39-37(31)43)23-29-18-20-34(21-19-29)44-26-30-14-8-5-9-15-30/h2,4-10,12-15,18-21,31-33,40H,1,3,11,16-17,22-27H2,(H,38,41)(H,39,43)/t31-,32+,33+/m1/s1. The lowest BCUT2D eigenvalue weighted by Gasteiger charge is -2.23. The van der Waals surface area contributed by atoms with Crippen LogP contribution in [0.1, 0.15) is 55.2 Å². The summed E-state index contributed by atoms with van der Waals surface area (Å²) in [6.07, 6.45) is 7.93. The van der Waals surface area contributed by atoms with Crippen LogP contribution in [0.15, 0.2) is 97.1 Å². The number of rotatable bonds is 11. The molecule has 0 aromatic heterocycles. The predicted molar refractivity (Wildman–Crippen MR) is 173 cm³/mol. The maximum atomic E-state index is 13.6. The fourth-order valence-corrected chi connectivity index (χ4v) is 5.25. The molecule has 1 aliphatic heterocycles. The van der Waals surface area contributed by atoms with E-state index in [9.17, 15) is 19.5 Å². The van der Waals surface area contributed by atoms with Gasteiger partial charge in [0.1, 0.15) is 19.0 Å². The summed E-state index contributed by atoms with van der Waals surface area (Å²) in [5.41, 5.74) is 3.03. The molecule has 0 spiro atoms. The summed E-state index contributed by atoms with van der Waals surface area (Å²) in [6.45, 7) is 0.291. The molecule has 8 nitrogen and oxygen atoms in total. The molecule has 4 rings (SSSR count). The van der Waals surface area contributed by atoms with E-state index in [1.54, 1.807) is 0 Å². The van der Waals surface area contributed by atoms with Crippen LogP contribution in [0.5, 0.6) is 5.75 Å². The van der Waals surface area contributed by atoms with Gasteiger partial charge >= 0.3 is 5.97 Å². The third-order valence-corrected chi connectivity index (χ3v) is 7.75. The summed E-state index contributed by atoms with van der Waals surface area (Å²) in [6, 6.07) is 26.3. The lowest BCUT2D eigenvalue weighted by atomic mass is 9.97. The second-order valence-electron chi connectivity index (χ2n) is 11.5. The van der Waals surface area contributed by atoms with Gasteiger partial charge in [0.15, 0.2) is 0 Å². The van der Waals surface area contributed by atoms with Gasteiger partial charge in [0, 0.05) is 12.8 Å². The fourth-order valence-electron chi connectivity index (χ4n) is 5.25. The first-order valence-corrected chi connectivity index (χ1v) is 15.8. The van der Waals surface area contributed by atoms with E-state index < -0.39 is 18.0 Å². The molecule has 0 radical (unpaired) electrons. The van der Waals surface area contributed by atoms with Crippen molar-refractivity contribution in [2.24, 2.45) is 5.92 Å². The molecule has 238 valence electrons. The number of allylic oxidation sites excluding steroid dienone is 2. The quantitative estimate of drug-likeness (QED) is 0.206. The molecule has 8 heteroatoms. The number of esters is 1. The fraction of sp³-hybridized carbons (Fsp3) is 0.378.